The van der Waals surface area contributed by atoms with Crippen LogP contribution in [0.1, 0.15) is 37.3 Å². The van der Waals surface area contributed by atoms with E-state index >= 15 is 0 Å². The summed E-state index contributed by atoms with van der Waals surface area (Å²) in [6.07, 6.45) is 3.33. The maximum Gasteiger partial charge on any atom is 0.161 e. The Balaban J connectivity index is 0.00000392. The first-order valence-corrected chi connectivity index (χ1v) is 9.94. The number of methoxy groups -OCH3 is 1. The summed E-state index contributed by atoms with van der Waals surface area (Å²) in [7, 11) is 1.66. The second-order valence-corrected chi connectivity index (χ2v) is 6.77. The molecule has 0 aromatic heterocycles. The van der Waals surface area contributed by atoms with Gasteiger partial charge in [0, 0.05) is 30.3 Å². The molecule has 2 rings (SSSR count). The number of rotatable bonds is 13. The van der Waals surface area contributed by atoms with E-state index in [4.69, 9.17) is 25.8 Å². The zero-order valence-electron chi connectivity index (χ0n) is 16.7. The summed E-state index contributed by atoms with van der Waals surface area (Å²) >= 11 is 6.18. The van der Waals surface area contributed by atoms with E-state index in [2.05, 4.69) is 18.3 Å². The van der Waals surface area contributed by atoms with Gasteiger partial charge < -0.3 is 19.5 Å². The normalized spacial score (nSPS) is 10.4. The van der Waals surface area contributed by atoms with Crippen molar-refractivity contribution in [2.75, 3.05) is 26.9 Å². The van der Waals surface area contributed by atoms with E-state index in [0.29, 0.717) is 17.4 Å². The molecule has 0 saturated carbocycles. The van der Waals surface area contributed by atoms with Crippen LogP contribution >= 0.6 is 24.0 Å². The van der Waals surface area contributed by atoms with Crippen molar-refractivity contribution >= 4 is 24.0 Å². The Bertz CT molecular complexity index is 683. The molecule has 0 bridgehead atoms. The van der Waals surface area contributed by atoms with Crippen LogP contribution in [0.2, 0.25) is 5.02 Å². The van der Waals surface area contributed by atoms with Crippen molar-refractivity contribution in [1.29, 1.82) is 0 Å². The lowest BCUT2D eigenvalue weighted by atomic mass is 10.2. The highest BCUT2D eigenvalue weighted by Crippen LogP contribution is 2.29. The second-order valence-electron chi connectivity index (χ2n) is 6.36. The molecule has 0 spiro atoms. The smallest absolute Gasteiger partial charge is 0.161 e. The van der Waals surface area contributed by atoms with Crippen molar-refractivity contribution in [2.24, 2.45) is 0 Å². The highest BCUT2D eigenvalue weighted by atomic mass is 35.5. The summed E-state index contributed by atoms with van der Waals surface area (Å²) in [5, 5.41) is 4.14. The monoisotopic (exact) mass is 427 g/mol. The van der Waals surface area contributed by atoms with Gasteiger partial charge in [-0.1, -0.05) is 49.2 Å². The molecule has 0 aliphatic rings. The van der Waals surface area contributed by atoms with Crippen molar-refractivity contribution < 1.29 is 14.2 Å². The second kappa shape index (κ2) is 14.5. The highest BCUT2D eigenvalue weighted by molar-refractivity contribution is 6.31. The largest absolute Gasteiger partial charge is 0.493 e. The average Bonchev–Trinajstić information content (AvgIpc) is 2.69. The molecule has 0 amide bonds. The lowest BCUT2D eigenvalue weighted by Gasteiger charge is -2.13. The molecule has 0 heterocycles. The zero-order valence-corrected chi connectivity index (χ0v) is 18.3. The summed E-state index contributed by atoms with van der Waals surface area (Å²) in [5.41, 5.74) is 2.11. The predicted molar refractivity (Wildman–Crippen MR) is 118 cm³/mol. The topological polar surface area (TPSA) is 39.7 Å². The van der Waals surface area contributed by atoms with E-state index in [0.717, 1.165) is 56.0 Å². The maximum absolute atomic E-state index is 6.18. The molecule has 2 aromatic carbocycles. The van der Waals surface area contributed by atoms with Gasteiger partial charge in [-0.25, -0.2) is 0 Å². The Hall–Kier alpha value is -1.46. The summed E-state index contributed by atoms with van der Waals surface area (Å²) in [5.74, 6) is 1.44. The third-order valence-electron chi connectivity index (χ3n) is 4.18. The molecule has 0 atom stereocenters. The number of benzene rings is 2. The first-order chi connectivity index (χ1) is 13.2. The van der Waals surface area contributed by atoms with Crippen LogP contribution in [0, 0.1) is 0 Å². The first kappa shape index (κ1) is 24.6. The minimum Gasteiger partial charge on any atom is -0.493 e. The van der Waals surface area contributed by atoms with E-state index in [-0.39, 0.29) is 12.4 Å². The molecule has 0 unspecified atom stereocenters. The SMILES string of the molecule is CCCCOCCCNCc1ccc(OCc2ccccc2Cl)c(OC)c1.Cl. The number of unbranched alkanes of at least 4 members (excludes halogenated alkanes) is 1. The Kier molecular flexibility index (Phi) is 12.8. The molecular weight excluding hydrogens is 397 g/mol. The average molecular weight is 428 g/mol. The number of nitrogens with one attached hydrogen (secondary N) is 1. The molecule has 0 saturated heterocycles. The van der Waals surface area contributed by atoms with Gasteiger partial charge in [0.1, 0.15) is 6.61 Å². The van der Waals surface area contributed by atoms with Crippen LogP contribution < -0.4 is 14.8 Å². The van der Waals surface area contributed by atoms with Crippen LogP contribution in [0.4, 0.5) is 0 Å². The van der Waals surface area contributed by atoms with Crippen LogP contribution in [-0.4, -0.2) is 26.9 Å². The number of halogens is 2. The van der Waals surface area contributed by atoms with Crippen LogP contribution in [0.15, 0.2) is 42.5 Å². The third kappa shape index (κ3) is 8.70. The first-order valence-electron chi connectivity index (χ1n) is 9.56. The van der Waals surface area contributed by atoms with Gasteiger partial charge in [-0.15, -0.1) is 12.4 Å². The molecule has 0 radical (unpaired) electrons. The molecule has 0 aliphatic heterocycles. The maximum atomic E-state index is 6.18. The summed E-state index contributed by atoms with van der Waals surface area (Å²) in [6, 6.07) is 13.7. The van der Waals surface area contributed by atoms with Crippen LogP contribution in [0.5, 0.6) is 11.5 Å². The van der Waals surface area contributed by atoms with Gasteiger partial charge in [0.05, 0.1) is 7.11 Å². The van der Waals surface area contributed by atoms with Gasteiger partial charge >= 0.3 is 0 Å². The van der Waals surface area contributed by atoms with Gasteiger partial charge in [-0.3, -0.25) is 0 Å². The van der Waals surface area contributed by atoms with E-state index in [1.54, 1.807) is 7.11 Å². The Labute approximate surface area is 179 Å². The fourth-order valence-electron chi connectivity index (χ4n) is 2.59. The molecule has 28 heavy (non-hydrogen) atoms. The van der Waals surface area contributed by atoms with Gasteiger partial charge in [-0.2, -0.15) is 0 Å². The van der Waals surface area contributed by atoms with Gasteiger partial charge in [-0.05, 0) is 43.1 Å². The van der Waals surface area contributed by atoms with Crippen LogP contribution in [0.3, 0.4) is 0 Å². The van der Waals surface area contributed by atoms with Gasteiger partial charge in [0.25, 0.3) is 0 Å². The van der Waals surface area contributed by atoms with Crippen molar-refractivity contribution in [1.82, 2.24) is 5.32 Å². The van der Waals surface area contributed by atoms with E-state index < -0.39 is 0 Å². The minimum absolute atomic E-state index is 0. The molecule has 1 N–H and O–H groups in total. The zero-order chi connectivity index (χ0) is 19.3. The van der Waals surface area contributed by atoms with Crippen LogP contribution in [0.25, 0.3) is 0 Å². The van der Waals surface area contributed by atoms with E-state index in [1.807, 2.05) is 36.4 Å². The highest BCUT2D eigenvalue weighted by Gasteiger charge is 2.07. The Morgan fingerprint density at radius 1 is 1.00 bits per heavy atom. The van der Waals surface area contributed by atoms with E-state index in [9.17, 15) is 0 Å². The lowest BCUT2D eigenvalue weighted by Crippen LogP contribution is -2.16. The molecule has 6 heteroatoms. The number of ether oxygens (including phenoxy) is 3. The fraction of sp³-hybridized carbons (Fsp3) is 0.455. The quantitative estimate of drug-likeness (QED) is 0.419. The molecular formula is C22H31Cl2NO3. The Morgan fingerprint density at radius 3 is 2.54 bits per heavy atom. The minimum atomic E-state index is 0. The third-order valence-corrected chi connectivity index (χ3v) is 4.55. The summed E-state index contributed by atoms with van der Waals surface area (Å²) in [4.78, 5) is 0. The van der Waals surface area contributed by atoms with Crippen molar-refractivity contribution in [3.8, 4) is 11.5 Å². The number of hydrogen-bond acceptors (Lipinski definition) is 4. The molecule has 4 nitrogen and oxygen atoms in total. The molecule has 156 valence electrons. The van der Waals surface area contributed by atoms with Crippen molar-refractivity contribution in [3.63, 3.8) is 0 Å². The summed E-state index contributed by atoms with van der Waals surface area (Å²) in [6.45, 7) is 5.97. The number of hydrogen-bond donors (Lipinski definition) is 1. The summed E-state index contributed by atoms with van der Waals surface area (Å²) < 4.78 is 16.9. The Morgan fingerprint density at radius 2 is 1.79 bits per heavy atom. The van der Waals surface area contributed by atoms with Gasteiger partial charge in [0.15, 0.2) is 11.5 Å². The molecule has 2 aromatic rings. The molecule has 0 aliphatic carbocycles. The standard InChI is InChI=1S/C22H30ClNO3.ClH/c1-3-4-13-26-14-7-12-24-16-18-10-11-21(22(15-18)25-2)27-17-19-8-5-6-9-20(19)23;/h5-6,8-11,15,24H,3-4,7,12-14,16-17H2,1-2H3;1H. The lowest BCUT2D eigenvalue weighted by molar-refractivity contribution is 0.129. The van der Waals surface area contributed by atoms with Crippen LogP contribution in [-0.2, 0) is 17.9 Å². The van der Waals surface area contributed by atoms with Crippen molar-refractivity contribution in [3.05, 3.63) is 58.6 Å². The van der Waals surface area contributed by atoms with Gasteiger partial charge in [0.2, 0.25) is 0 Å². The van der Waals surface area contributed by atoms with E-state index in [1.165, 1.54) is 6.42 Å². The predicted octanol–water partition coefficient (Wildman–Crippen LogP) is 5.65. The molecule has 0 fully saturated rings. The fourth-order valence-corrected chi connectivity index (χ4v) is 2.78. The van der Waals surface area contributed by atoms with Crippen molar-refractivity contribution in [2.45, 2.75) is 39.3 Å².